The Balaban J connectivity index is 1.83. The Morgan fingerprint density at radius 3 is 2.30 bits per heavy atom. The highest BCUT2D eigenvalue weighted by Gasteiger charge is 2.43. The molecule has 0 radical (unpaired) electrons. The zero-order chi connectivity index (χ0) is 14.8. The van der Waals surface area contributed by atoms with Crippen LogP contribution in [0.1, 0.15) is 57.8 Å². The summed E-state index contributed by atoms with van der Waals surface area (Å²) in [5, 5.41) is 0.214. The molecule has 0 aliphatic heterocycles. The molecule has 2 rings (SSSR count). The summed E-state index contributed by atoms with van der Waals surface area (Å²) in [6.07, 6.45) is 1.40. The third kappa shape index (κ3) is 4.37. The van der Waals surface area contributed by atoms with Crippen molar-refractivity contribution in [2.45, 2.75) is 69.3 Å². The largest absolute Gasteiger partial charge is 0.391 e. The molecule has 116 valence electrons. The van der Waals surface area contributed by atoms with Crippen molar-refractivity contribution >= 4 is 17.4 Å². The second kappa shape index (κ2) is 6.67. The van der Waals surface area contributed by atoms with Gasteiger partial charge in [0, 0.05) is 17.7 Å². The van der Waals surface area contributed by atoms with Crippen LogP contribution in [0.25, 0.3) is 0 Å². The van der Waals surface area contributed by atoms with Crippen LogP contribution in [0, 0.1) is 17.8 Å². The average molecular weight is 311 g/mol. The maximum Gasteiger partial charge on any atom is 0.391 e. The van der Waals surface area contributed by atoms with E-state index in [1.54, 1.807) is 0 Å². The van der Waals surface area contributed by atoms with Crippen molar-refractivity contribution in [3.63, 3.8) is 0 Å². The fraction of sp³-hybridized carbons (Fsp3) is 0.933. The number of halogens is 4. The lowest BCUT2D eigenvalue weighted by molar-refractivity contribution is -0.186. The van der Waals surface area contributed by atoms with Crippen molar-refractivity contribution in [1.82, 2.24) is 0 Å². The summed E-state index contributed by atoms with van der Waals surface area (Å²) < 4.78 is 38.3. The third-order valence-corrected chi connectivity index (χ3v) is 5.30. The van der Waals surface area contributed by atoms with Crippen molar-refractivity contribution in [1.29, 1.82) is 0 Å². The van der Waals surface area contributed by atoms with Crippen LogP contribution in [0.2, 0.25) is 0 Å². The van der Waals surface area contributed by atoms with Crippen molar-refractivity contribution in [2.24, 2.45) is 17.8 Å². The fourth-order valence-electron chi connectivity index (χ4n) is 3.56. The maximum absolute atomic E-state index is 12.8. The lowest BCUT2D eigenvalue weighted by Gasteiger charge is -2.31. The zero-order valence-electron chi connectivity index (χ0n) is 11.6. The molecule has 0 spiro atoms. The minimum atomic E-state index is -4.14. The first-order chi connectivity index (χ1) is 9.36. The predicted octanol–water partition coefficient (Wildman–Crippen LogP) is 5.11. The first kappa shape index (κ1) is 16.1. The molecule has 2 aliphatic carbocycles. The summed E-state index contributed by atoms with van der Waals surface area (Å²) in [5.74, 6) is -1.26. The molecular weight excluding hydrogens is 289 g/mol. The summed E-state index contributed by atoms with van der Waals surface area (Å²) in [4.78, 5) is 12.2. The van der Waals surface area contributed by atoms with Crippen LogP contribution < -0.4 is 0 Å². The average Bonchev–Trinajstić information content (AvgIpc) is 2.40. The van der Waals surface area contributed by atoms with E-state index in [-0.39, 0.29) is 29.9 Å². The van der Waals surface area contributed by atoms with E-state index in [9.17, 15) is 18.0 Å². The molecule has 2 atom stereocenters. The summed E-state index contributed by atoms with van der Waals surface area (Å²) in [6, 6.07) is 0. The monoisotopic (exact) mass is 310 g/mol. The maximum atomic E-state index is 12.8. The van der Waals surface area contributed by atoms with Crippen molar-refractivity contribution in [3.8, 4) is 0 Å². The van der Waals surface area contributed by atoms with E-state index < -0.39 is 12.1 Å². The van der Waals surface area contributed by atoms with E-state index in [0.29, 0.717) is 25.2 Å². The number of alkyl halides is 4. The van der Waals surface area contributed by atoms with Gasteiger partial charge in [-0.2, -0.15) is 13.2 Å². The van der Waals surface area contributed by atoms with Crippen molar-refractivity contribution in [3.05, 3.63) is 0 Å². The minimum Gasteiger partial charge on any atom is -0.299 e. The standard InChI is InChI=1S/C15H22ClF3O/c16-13-6-4-10(5-7-13)8-14(20)11-2-1-3-12(9-11)15(17,18)19/h10-13H,1-9H2. The van der Waals surface area contributed by atoms with Crippen molar-refractivity contribution < 1.29 is 18.0 Å². The highest BCUT2D eigenvalue weighted by molar-refractivity contribution is 6.20. The summed E-state index contributed by atoms with van der Waals surface area (Å²) in [6.45, 7) is 0. The van der Waals surface area contributed by atoms with Gasteiger partial charge >= 0.3 is 6.18 Å². The molecule has 0 aromatic rings. The number of Topliss-reactive ketones (excluding diaryl/α,β-unsaturated/α-hetero) is 1. The SMILES string of the molecule is O=C(CC1CCC(Cl)CC1)C1CCCC(C(F)(F)F)C1. The fourth-order valence-corrected chi connectivity index (χ4v) is 3.81. The molecule has 0 amide bonds. The molecule has 0 N–H and O–H groups in total. The third-order valence-electron chi connectivity index (χ3n) is 4.86. The van der Waals surface area contributed by atoms with Gasteiger partial charge in [-0.15, -0.1) is 11.6 Å². The van der Waals surface area contributed by atoms with E-state index in [1.807, 2.05) is 0 Å². The Hall–Kier alpha value is -0.250. The van der Waals surface area contributed by atoms with Crippen LogP contribution in [-0.2, 0) is 4.79 Å². The Morgan fingerprint density at radius 1 is 1.05 bits per heavy atom. The Bertz CT molecular complexity index is 335. The minimum absolute atomic E-state index is 0.00713. The number of carbonyl (C=O) groups excluding carboxylic acids is 1. The molecule has 1 nitrogen and oxygen atoms in total. The van der Waals surface area contributed by atoms with Gasteiger partial charge in [0.15, 0.2) is 0 Å². The van der Waals surface area contributed by atoms with Gasteiger partial charge in [0.05, 0.1) is 5.92 Å². The first-order valence-electron chi connectivity index (χ1n) is 7.59. The molecule has 0 heterocycles. The molecular formula is C15H22ClF3O. The van der Waals surface area contributed by atoms with Gasteiger partial charge in [-0.25, -0.2) is 0 Å². The zero-order valence-corrected chi connectivity index (χ0v) is 12.3. The number of ketones is 1. The van der Waals surface area contributed by atoms with Crippen molar-refractivity contribution in [2.75, 3.05) is 0 Å². The molecule has 20 heavy (non-hydrogen) atoms. The van der Waals surface area contributed by atoms with Crippen LogP contribution in [-0.4, -0.2) is 17.3 Å². The van der Waals surface area contributed by atoms with E-state index in [0.717, 1.165) is 25.7 Å². The number of rotatable bonds is 3. The van der Waals surface area contributed by atoms with Crippen LogP contribution in [0.15, 0.2) is 0 Å². The molecule has 0 bridgehead atoms. The van der Waals surface area contributed by atoms with Gasteiger partial charge in [-0.1, -0.05) is 6.42 Å². The molecule has 2 unspecified atom stereocenters. The highest BCUT2D eigenvalue weighted by Crippen LogP contribution is 2.41. The van der Waals surface area contributed by atoms with E-state index >= 15 is 0 Å². The molecule has 2 fully saturated rings. The van der Waals surface area contributed by atoms with Gasteiger partial charge in [0.25, 0.3) is 0 Å². The Labute approximate surface area is 123 Å². The normalized spacial score (nSPS) is 35.8. The van der Waals surface area contributed by atoms with Crippen LogP contribution in [0.5, 0.6) is 0 Å². The Kier molecular flexibility index (Phi) is 5.38. The molecule has 2 saturated carbocycles. The van der Waals surface area contributed by atoms with E-state index in [2.05, 4.69) is 0 Å². The number of carbonyl (C=O) groups is 1. The van der Waals surface area contributed by atoms with Gasteiger partial charge < -0.3 is 0 Å². The lowest BCUT2D eigenvalue weighted by atomic mass is 9.75. The molecule has 5 heteroatoms. The molecule has 0 aromatic heterocycles. The van der Waals surface area contributed by atoms with Gasteiger partial charge in [-0.3, -0.25) is 4.79 Å². The summed E-state index contributed by atoms with van der Waals surface area (Å²) in [7, 11) is 0. The van der Waals surface area contributed by atoms with E-state index in [4.69, 9.17) is 11.6 Å². The molecule has 0 aromatic carbocycles. The second-order valence-electron chi connectivity index (χ2n) is 6.39. The highest BCUT2D eigenvalue weighted by atomic mass is 35.5. The van der Waals surface area contributed by atoms with Gasteiger partial charge in [-0.05, 0) is 50.9 Å². The van der Waals surface area contributed by atoms with Crippen LogP contribution in [0.3, 0.4) is 0 Å². The molecule has 0 saturated heterocycles. The summed E-state index contributed by atoms with van der Waals surface area (Å²) >= 11 is 6.03. The van der Waals surface area contributed by atoms with E-state index in [1.165, 1.54) is 0 Å². The molecule has 2 aliphatic rings. The summed E-state index contributed by atoms with van der Waals surface area (Å²) in [5.41, 5.74) is 0. The topological polar surface area (TPSA) is 17.1 Å². The first-order valence-corrected chi connectivity index (χ1v) is 8.03. The van der Waals surface area contributed by atoms with Gasteiger partial charge in [0.2, 0.25) is 0 Å². The number of hydrogen-bond acceptors (Lipinski definition) is 1. The van der Waals surface area contributed by atoms with Crippen LogP contribution in [0.4, 0.5) is 13.2 Å². The second-order valence-corrected chi connectivity index (χ2v) is 7.01. The van der Waals surface area contributed by atoms with Gasteiger partial charge in [0.1, 0.15) is 5.78 Å². The quantitative estimate of drug-likeness (QED) is 0.662. The lowest BCUT2D eigenvalue weighted by Crippen LogP contribution is -2.32. The Morgan fingerprint density at radius 2 is 1.70 bits per heavy atom. The number of hydrogen-bond donors (Lipinski definition) is 0. The smallest absolute Gasteiger partial charge is 0.299 e. The predicted molar refractivity (Wildman–Crippen MR) is 72.7 cm³/mol. The van der Waals surface area contributed by atoms with Crippen LogP contribution >= 0.6 is 11.6 Å².